The van der Waals surface area contributed by atoms with E-state index in [1.54, 1.807) is 24.3 Å². The van der Waals surface area contributed by atoms with Crippen molar-refractivity contribution in [1.82, 2.24) is 4.98 Å². The number of ether oxygens (including phenoxy) is 2. The number of aromatic nitrogens is 1. The molecule has 31 heavy (non-hydrogen) atoms. The van der Waals surface area contributed by atoms with Crippen molar-refractivity contribution in [3.63, 3.8) is 0 Å². The summed E-state index contributed by atoms with van der Waals surface area (Å²) >= 11 is 9.43. The van der Waals surface area contributed by atoms with Gasteiger partial charge in [-0.25, -0.2) is 4.98 Å². The predicted molar refractivity (Wildman–Crippen MR) is 123 cm³/mol. The number of nitrogens with one attached hydrogen (secondary N) is 1. The van der Waals surface area contributed by atoms with Crippen molar-refractivity contribution < 1.29 is 14.4 Å². The Bertz CT molecular complexity index is 1090. The summed E-state index contributed by atoms with van der Waals surface area (Å²) in [5.74, 6) is 1.15. The Morgan fingerprint density at radius 1 is 1.26 bits per heavy atom. The molecule has 0 aliphatic rings. The first-order chi connectivity index (χ1) is 15.0. The van der Waals surface area contributed by atoms with Gasteiger partial charge < -0.3 is 9.47 Å². The normalized spacial score (nSPS) is 10.8. The Labute approximate surface area is 192 Å². The van der Waals surface area contributed by atoms with E-state index < -0.39 is 4.92 Å². The van der Waals surface area contributed by atoms with Crippen molar-refractivity contribution in [2.45, 2.75) is 13.5 Å². The summed E-state index contributed by atoms with van der Waals surface area (Å²) in [7, 11) is 0. The van der Waals surface area contributed by atoms with Crippen molar-refractivity contribution in [3.05, 3.63) is 85.5 Å². The lowest BCUT2D eigenvalue weighted by Gasteiger charge is -2.14. The maximum absolute atomic E-state index is 11.1. The molecule has 0 spiro atoms. The number of benzene rings is 2. The quantitative estimate of drug-likeness (QED) is 0.223. The first-order valence-electron chi connectivity index (χ1n) is 9.20. The van der Waals surface area contributed by atoms with Crippen LogP contribution < -0.4 is 14.9 Å². The van der Waals surface area contributed by atoms with Gasteiger partial charge in [0.25, 0.3) is 0 Å². The van der Waals surface area contributed by atoms with Gasteiger partial charge in [-0.1, -0.05) is 23.7 Å². The minimum atomic E-state index is -0.526. The van der Waals surface area contributed by atoms with Gasteiger partial charge in [-0.05, 0) is 64.3 Å². The van der Waals surface area contributed by atoms with Crippen molar-refractivity contribution in [1.29, 1.82) is 0 Å². The number of hydrogen-bond acceptors (Lipinski definition) is 7. The molecule has 160 valence electrons. The van der Waals surface area contributed by atoms with E-state index in [9.17, 15) is 10.1 Å². The highest BCUT2D eigenvalue weighted by Crippen LogP contribution is 2.37. The monoisotopic (exact) mass is 504 g/mol. The molecule has 0 aliphatic carbocycles. The fraction of sp³-hybridized carbons (Fsp3) is 0.143. The van der Waals surface area contributed by atoms with Crippen LogP contribution in [-0.4, -0.2) is 22.7 Å². The highest BCUT2D eigenvalue weighted by molar-refractivity contribution is 9.10. The molecule has 0 saturated heterocycles. The average Bonchev–Trinajstić information content (AvgIpc) is 2.75. The zero-order valence-electron chi connectivity index (χ0n) is 16.4. The molecule has 1 heterocycles. The first kappa shape index (κ1) is 22.5. The van der Waals surface area contributed by atoms with Gasteiger partial charge in [-0.15, -0.1) is 0 Å². The zero-order chi connectivity index (χ0) is 22.2. The van der Waals surface area contributed by atoms with E-state index >= 15 is 0 Å². The van der Waals surface area contributed by atoms with E-state index in [1.807, 2.05) is 19.1 Å². The van der Waals surface area contributed by atoms with Gasteiger partial charge in [-0.3, -0.25) is 15.5 Å². The van der Waals surface area contributed by atoms with E-state index in [0.29, 0.717) is 39.8 Å². The molecule has 1 aromatic heterocycles. The second-order valence-corrected chi connectivity index (χ2v) is 7.47. The number of nitrogens with zero attached hydrogens (tertiary/aromatic N) is 3. The lowest BCUT2D eigenvalue weighted by molar-refractivity contribution is -0.384. The Balaban J connectivity index is 1.77. The van der Waals surface area contributed by atoms with Crippen molar-refractivity contribution in [2.24, 2.45) is 5.10 Å². The molecule has 0 radical (unpaired) electrons. The molecule has 10 heteroatoms. The molecular formula is C21H18BrClN4O4. The molecule has 0 unspecified atom stereocenters. The van der Waals surface area contributed by atoms with Crippen molar-refractivity contribution >= 4 is 45.3 Å². The second kappa shape index (κ2) is 10.7. The molecule has 0 aliphatic heterocycles. The summed E-state index contributed by atoms with van der Waals surface area (Å²) in [5, 5.41) is 15.8. The minimum Gasteiger partial charge on any atom is -0.490 e. The van der Waals surface area contributed by atoms with Crippen LogP contribution in [0.3, 0.4) is 0 Å². The molecule has 0 amide bonds. The average molecular weight is 506 g/mol. The Kier molecular flexibility index (Phi) is 7.80. The van der Waals surface area contributed by atoms with Gasteiger partial charge in [0.2, 0.25) is 5.82 Å². The van der Waals surface area contributed by atoms with E-state index in [-0.39, 0.29) is 11.5 Å². The van der Waals surface area contributed by atoms with Gasteiger partial charge in [0.1, 0.15) is 6.61 Å². The minimum absolute atomic E-state index is 0.0516. The van der Waals surface area contributed by atoms with Crippen LogP contribution in [0.15, 0.2) is 64.3 Å². The number of halogens is 2. The maximum Gasteiger partial charge on any atom is 0.313 e. The smallest absolute Gasteiger partial charge is 0.313 e. The Hall–Kier alpha value is -3.17. The lowest BCUT2D eigenvalue weighted by atomic mass is 10.2. The largest absolute Gasteiger partial charge is 0.490 e. The molecule has 0 saturated carbocycles. The van der Waals surface area contributed by atoms with E-state index in [1.165, 1.54) is 24.5 Å². The third-order valence-electron chi connectivity index (χ3n) is 4.00. The Morgan fingerprint density at radius 3 is 2.74 bits per heavy atom. The van der Waals surface area contributed by atoms with Gasteiger partial charge in [-0.2, -0.15) is 5.10 Å². The van der Waals surface area contributed by atoms with Gasteiger partial charge in [0.05, 0.1) is 22.2 Å². The van der Waals surface area contributed by atoms with Crippen LogP contribution in [0.5, 0.6) is 11.5 Å². The standard InChI is InChI=1S/C21H18BrClN4O4/c1-2-30-19-11-15(12-25-26-21-18(27(28)29)4-3-9-24-21)10-17(22)20(19)31-13-14-5-7-16(23)8-6-14/h3-12H,2,13H2,1H3,(H,24,26)/b25-12-. The molecular weight excluding hydrogens is 488 g/mol. The highest BCUT2D eigenvalue weighted by atomic mass is 79.9. The SMILES string of the molecule is CCOc1cc(/C=N\Nc2ncccc2[N+](=O)[O-])cc(Br)c1OCc1ccc(Cl)cc1. The molecule has 0 atom stereocenters. The molecule has 3 aromatic rings. The fourth-order valence-electron chi connectivity index (χ4n) is 2.60. The number of nitro groups is 1. The summed E-state index contributed by atoms with van der Waals surface area (Å²) in [6.45, 7) is 2.66. The van der Waals surface area contributed by atoms with Gasteiger partial charge >= 0.3 is 5.69 Å². The third kappa shape index (κ3) is 6.16. The summed E-state index contributed by atoms with van der Waals surface area (Å²) in [5.41, 5.74) is 4.09. The van der Waals surface area contributed by atoms with Gasteiger partial charge in [0.15, 0.2) is 11.5 Å². The van der Waals surface area contributed by atoms with Crippen LogP contribution in [0.4, 0.5) is 11.5 Å². The molecule has 1 N–H and O–H groups in total. The van der Waals surface area contributed by atoms with E-state index in [2.05, 4.69) is 31.4 Å². The number of rotatable bonds is 9. The maximum atomic E-state index is 11.1. The molecule has 0 bridgehead atoms. The number of pyridine rings is 1. The summed E-state index contributed by atoms with van der Waals surface area (Å²) in [6.07, 6.45) is 2.95. The third-order valence-corrected chi connectivity index (χ3v) is 4.84. The topological polar surface area (TPSA) is 98.9 Å². The number of anilines is 1. The Morgan fingerprint density at radius 2 is 2.03 bits per heavy atom. The van der Waals surface area contributed by atoms with Crippen LogP contribution in [0.25, 0.3) is 0 Å². The van der Waals surface area contributed by atoms with Crippen LogP contribution in [0.2, 0.25) is 5.02 Å². The summed E-state index contributed by atoms with van der Waals surface area (Å²) in [4.78, 5) is 14.5. The van der Waals surface area contributed by atoms with E-state index in [4.69, 9.17) is 21.1 Å². The first-order valence-corrected chi connectivity index (χ1v) is 10.4. The molecule has 2 aromatic carbocycles. The fourth-order valence-corrected chi connectivity index (χ4v) is 3.30. The zero-order valence-corrected chi connectivity index (χ0v) is 18.8. The number of hydrogen-bond donors (Lipinski definition) is 1. The van der Waals surface area contributed by atoms with Crippen molar-refractivity contribution in [2.75, 3.05) is 12.0 Å². The van der Waals surface area contributed by atoms with Crippen LogP contribution in [-0.2, 0) is 6.61 Å². The predicted octanol–water partition coefficient (Wildman–Crippen LogP) is 5.83. The number of hydrazone groups is 1. The summed E-state index contributed by atoms with van der Waals surface area (Å²) < 4.78 is 12.4. The molecule has 3 rings (SSSR count). The molecule has 0 fully saturated rings. The lowest BCUT2D eigenvalue weighted by Crippen LogP contribution is -2.02. The van der Waals surface area contributed by atoms with Crippen molar-refractivity contribution in [3.8, 4) is 11.5 Å². The van der Waals surface area contributed by atoms with Gasteiger partial charge in [0, 0.05) is 17.3 Å². The van der Waals surface area contributed by atoms with Crippen LogP contribution in [0, 0.1) is 10.1 Å². The van der Waals surface area contributed by atoms with Crippen LogP contribution in [0.1, 0.15) is 18.1 Å². The van der Waals surface area contributed by atoms with Crippen LogP contribution >= 0.6 is 27.5 Å². The summed E-state index contributed by atoms with van der Waals surface area (Å²) in [6, 6.07) is 13.8. The second-order valence-electron chi connectivity index (χ2n) is 6.18. The highest BCUT2D eigenvalue weighted by Gasteiger charge is 2.14. The van der Waals surface area contributed by atoms with E-state index in [0.717, 1.165) is 5.56 Å². The molecule has 8 nitrogen and oxygen atoms in total.